The van der Waals surface area contributed by atoms with Crippen molar-refractivity contribution < 1.29 is 9.47 Å². The number of nitrogens with zero attached hydrogens (tertiary/aromatic N) is 4. The maximum absolute atomic E-state index is 5.50. The van der Waals surface area contributed by atoms with E-state index in [4.69, 9.17) is 9.47 Å². The topological polar surface area (TPSA) is 63.9 Å². The molecule has 166 valence electrons. The first-order valence-electron chi connectivity index (χ1n) is 9.86. The van der Waals surface area contributed by atoms with Crippen molar-refractivity contribution >= 4 is 29.9 Å². The summed E-state index contributed by atoms with van der Waals surface area (Å²) in [5.74, 6) is 2.41. The lowest BCUT2D eigenvalue weighted by Crippen LogP contribution is -2.39. The highest BCUT2D eigenvalue weighted by molar-refractivity contribution is 14.0. The molecule has 1 N–H and O–H groups in total. The number of ether oxygens (including phenoxy) is 2. The Morgan fingerprint density at radius 1 is 1.13 bits per heavy atom. The Kier molecular flexibility index (Phi) is 9.64. The van der Waals surface area contributed by atoms with Crippen molar-refractivity contribution in [2.75, 3.05) is 34.9 Å². The van der Waals surface area contributed by atoms with Gasteiger partial charge in [-0.25, -0.2) is 4.68 Å². The van der Waals surface area contributed by atoms with Crippen molar-refractivity contribution in [3.63, 3.8) is 0 Å². The fraction of sp³-hybridized carbons (Fsp3) is 0.304. The molecule has 0 saturated carbocycles. The van der Waals surface area contributed by atoms with Crippen LogP contribution in [0.2, 0.25) is 0 Å². The van der Waals surface area contributed by atoms with E-state index in [-0.39, 0.29) is 24.0 Å². The SMILES string of the molecule is CN=C(NCCc1ccc(-n2cccn2)cc1)N(C)Cc1ccc(OC)cc1OC.I. The van der Waals surface area contributed by atoms with E-state index in [1.165, 1.54) is 5.56 Å². The van der Waals surface area contributed by atoms with Crippen molar-refractivity contribution in [3.8, 4) is 17.2 Å². The molecule has 3 aromatic rings. The second kappa shape index (κ2) is 12.2. The minimum absolute atomic E-state index is 0. The number of aromatic nitrogens is 2. The average Bonchev–Trinajstić information content (AvgIpc) is 3.32. The van der Waals surface area contributed by atoms with Gasteiger partial charge in [0.05, 0.1) is 19.9 Å². The standard InChI is InChI=1S/C23H29N5O2.HI/c1-24-23(27(2)17-19-8-11-21(29-3)16-22(19)30-4)25-14-12-18-6-9-20(10-7-18)28-15-5-13-26-28;/h5-11,13,15-16H,12,14,17H2,1-4H3,(H,24,25);1H. The van der Waals surface area contributed by atoms with Gasteiger partial charge in [0, 0.05) is 51.2 Å². The molecule has 2 aromatic carbocycles. The van der Waals surface area contributed by atoms with Gasteiger partial charge in [-0.15, -0.1) is 24.0 Å². The van der Waals surface area contributed by atoms with E-state index in [1.807, 2.05) is 42.2 Å². The number of halogens is 1. The van der Waals surface area contributed by atoms with Gasteiger partial charge in [-0.3, -0.25) is 4.99 Å². The third-order valence-electron chi connectivity index (χ3n) is 4.88. The van der Waals surface area contributed by atoms with Crippen LogP contribution in [0.25, 0.3) is 5.69 Å². The zero-order chi connectivity index (χ0) is 21.3. The lowest BCUT2D eigenvalue weighted by atomic mass is 10.1. The number of guanidine groups is 1. The summed E-state index contributed by atoms with van der Waals surface area (Å²) in [6.07, 6.45) is 4.62. The second-order valence-corrected chi connectivity index (χ2v) is 6.87. The van der Waals surface area contributed by atoms with Crippen LogP contribution in [0, 0.1) is 0 Å². The van der Waals surface area contributed by atoms with Crippen molar-refractivity contribution in [1.29, 1.82) is 0 Å². The number of aliphatic imine (C=N–C) groups is 1. The zero-order valence-corrected chi connectivity index (χ0v) is 20.7. The number of benzene rings is 2. The van der Waals surface area contributed by atoms with E-state index in [0.29, 0.717) is 6.54 Å². The molecule has 8 heteroatoms. The Morgan fingerprint density at radius 2 is 1.90 bits per heavy atom. The minimum Gasteiger partial charge on any atom is -0.497 e. The fourth-order valence-electron chi connectivity index (χ4n) is 3.25. The maximum atomic E-state index is 5.50. The van der Waals surface area contributed by atoms with Crippen LogP contribution in [0.4, 0.5) is 0 Å². The number of hydrogen-bond acceptors (Lipinski definition) is 4. The number of hydrogen-bond donors (Lipinski definition) is 1. The van der Waals surface area contributed by atoms with Crippen LogP contribution in [0.3, 0.4) is 0 Å². The van der Waals surface area contributed by atoms with Crippen LogP contribution >= 0.6 is 24.0 Å². The predicted molar refractivity (Wildman–Crippen MR) is 135 cm³/mol. The summed E-state index contributed by atoms with van der Waals surface area (Å²) in [4.78, 5) is 6.48. The highest BCUT2D eigenvalue weighted by Gasteiger charge is 2.11. The highest BCUT2D eigenvalue weighted by atomic mass is 127. The summed E-state index contributed by atoms with van der Waals surface area (Å²) in [7, 11) is 7.13. The monoisotopic (exact) mass is 535 g/mol. The molecule has 0 fully saturated rings. The van der Waals surface area contributed by atoms with E-state index in [2.05, 4.69) is 44.6 Å². The minimum atomic E-state index is 0. The molecule has 0 aliphatic heterocycles. The number of methoxy groups -OCH3 is 2. The van der Waals surface area contributed by atoms with Crippen molar-refractivity contribution in [3.05, 3.63) is 72.1 Å². The quantitative estimate of drug-likeness (QED) is 0.271. The molecule has 0 aliphatic rings. The van der Waals surface area contributed by atoms with E-state index < -0.39 is 0 Å². The van der Waals surface area contributed by atoms with E-state index in [1.54, 1.807) is 27.5 Å². The summed E-state index contributed by atoms with van der Waals surface area (Å²) < 4.78 is 12.6. The number of rotatable bonds is 8. The second-order valence-electron chi connectivity index (χ2n) is 6.87. The van der Waals surface area contributed by atoms with Crippen molar-refractivity contribution in [2.24, 2.45) is 4.99 Å². The molecule has 1 aromatic heterocycles. The fourth-order valence-corrected chi connectivity index (χ4v) is 3.25. The van der Waals surface area contributed by atoms with Crippen LogP contribution in [-0.2, 0) is 13.0 Å². The first kappa shape index (κ1) is 24.5. The molecule has 1 heterocycles. The van der Waals surface area contributed by atoms with Crippen LogP contribution in [0.1, 0.15) is 11.1 Å². The van der Waals surface area contributed by atoms with Crippen molar-refractivity contribution in [2.45, 2.75) is 13.0 Å². The normalized spacial score (nSPS) is 10.9. The Morgan fingerprint density at radius 3 is 2.52 bits per heavy atom. The summed E-state index contributed by atoms with van der Waals surface area (Å²) in [6, 6.07) is 16.2. The first-order chi connectivity index (χ1) is 14.6. The molecule has 0 saturated heterocycles. The van der Waals surface area contributed by atoms with Gasteiger partial charge in [-0.05, 0) is 42.3 Å². The summed E-state index contributed by atoms with van der Waals surface area (Å²) in [5.41, 5.74) is 3.38. The predicted octanol–water partition coefficient (Wildman–Crippen LogP) is 3.76. The zero-order valence-electron chi connectivity index (χ0n) is 18.4. The van der Waals surface area contributed by atoms with Gasteiger partial charge in [0.25, 0.3) is 0 Å². The van der Waals surface area contributed by atoms with Gasteiger partial charge >= 0.3 is 0 Å². The van der Waals surface area contributed by atoms with Gasteiger partial charge in [0.1, 0.15) is 11.5 Å². The molecule has 0 radical (unpaired) electrons. The van der Waals surface area contributed by atoms with Gasteiger partial charge < -0.3 is 19.7 Å². The molecule has 0 aliphatic carbocycles. The van der Waals surface area contributed by atoms with E-state index in [9.17, 15) is 0 Å². The summed E-state index contributed by atoms with van der Waals surface area (Å²) in [5, 5.41) is 7.69. The van der Waals surface area contributed by atoms with Crippen LogP contribution < -0.4 is 14.8 Å². The van der Waals surface area contributed by atoms with Gasteiger partial charge in [0.2, 0.25) is 0 Å². The first-order valence-corrected chi connectivity index (χ1v) is 9.86. The Balaban J connectivity index is 0.00000341. The lowest BCUT2D eigenvalue weighted by Gasteiger charge is -2.23. The Bertz CT molecular complexity index is 959. The van der Waals surface area contributed by atoms with Crippen LogP contribution in [-0.4, -0.2) is 55.5 Å². The third kappa shape index (κ3) is 6.61. The molecule has 0 atom stereocenters. The lowest BCUT2D eigenvalue weighted by molar-refractivity contribution is 0.382. The summed E-state index contributed by atoms with van der Waals surface area (Å²) in [6.45, 7) is 1.46. The van der Waals surface area contributed by atoms with Crippen molar-refractivity contribution in [1.82, 2.24) is 20.0 Å². The Hall–Kier alpha value is -2.75. The molecule has 0 bridgehead atoms. The van der Waals surface area contributed by atoms with Gasteiger partial charge in [0.15, 0.2) is 5.96 Å². The van der Waals surface area contributed by atoms with E-state index >= 15 is 0 Å². The molecule has 3 rings (SSSR count). The Labute approximate surface area is 201 Å². The molecule has 0 unspecified atom stereocenters. The summed E-state index contributed by atoms with van der Waals surface area (Å²) >= 11 is 0. The van der Waals surface area contributed by atoms with E-state index in [0.717, 1.165) is 41.7 Å². The average molecular weight is 535 g/mol. The maximum Gasteiger partial charge on any atom is 0.193 e. The molecule has 0 spiro atoms. The molecule has 31 heavy (non-hydrogen) atoms. The van der Waals surface area contributed by atoms with Gasteiger partial charge in [-0.1, -0.05) is 12.1 Å². The van der Waals surface area contributed by atoms with Crippen LogP contribution in [0.5, 0.6) is 11.5 Å². The van der Waals surface area contributed by atoms with Gasteiger partial charge in [-0.2, -0.15) is 5.10 Å². The third-order valence-corrected chi connectivity index (χ3v) is 4.88. The largest absolute Gasteiger partial charge is 0.497 e. The highest BCUT2D eigenvalue weighted by Crippen LogP contribution is 2.25. The molecule has 0 amide bonds. The smallest absolute Gasteiger partial charge is 0.193 e. The molecular formula is C23H30IN5O2. The number of nitrogens with one attached hydrogen (secondary N) is 1. The molecule has 7 nitrogen and oxygen atoms in total. The molecular weight excluding hydrogens is 505 g/mol. The van der Waals surface area contributed by atoms with Crippen LogP contribution in [0.15, 0.2) is 65.9 Å².